The first-order chi connectivity index (χ1) is 11.0. The van der Waals surface area contributed by atoms with Crippen molar-refractivity contribution in [2.45, 2.75) is 33.4 Å². The number of hydrogen-bond donors (Lipinski definition) is 1. The molecule has 0 radical (unpaired) electrons. The summed E-state index contributed by atoms with van der Waals surface area (Å²) in [6.07, 6.45) is 0.723. The fraction of sp³-hybridized carbons (Fsp3) is 0.375. The van der Waals surface area contributed by atoms with E-state index >= 15 is 0 Å². The summed E-state index contributed by atoms with van der Waals surface area (Å²) in [5.74, 6) is -0.353. The second kappa shape index (κ2) is 7.71. The summed E-state index contributed by atoms with van der Waals surface area (Å²) in [6.45, 7) is 2.17. The molecule has 0 atom stereocenters. The van der Waals surface area contributed by atoms with Crippen LogP contribution in [0.1, 0.15) is 28.2 Å². The van der Waals surface area contributed by atoms with Crippen LogP contribution in [0.3, 0.4) is 0 Å². The molecule has 0 aliphatic carbocycles. The third-order valence-electron chi connectivity index (χ3n) is 3.26. The van der Waals surface area contributed by atoms with Crippen LogP contribution in [0.15, 0.2) is 30.3 Å². The number of aromatic nitrogens is 2. The molecule has 1 N–H and O–H groups in total. The predicted octanol–water partition coefficient (Wildman–Crippen LogP) is 2.92. The van der Waals surface area contributed by atoms with Gasteiger partial charge in [-0.25, -0.2) is 0 Å². The van der Waals surface area contributed by atoms with Crippen LogP contribution in [-0.4, -0.2) is 28.8 Å². The Morgan fingerprint density at radius 2 is 2.13 bits per heavy atom. The maximum absolute atomic E-state index is 12.2. The number of benzene rings is 1. The molecule has 23 heavy (non-hydrogen) atoms. The molecule has 124 valence electrons. The van der Waals surface area contributed by atoms with E-state index in [1.165, 1.54) is 18.2 Å². The number of carbonyl (C=O) groups excluding carboxylic acids is 1. The van der Waals surface area contributed by atoms with Gasteiger partial charge in [-0.3, -0.25) is 9.48 Å². The smallest absolute Gasteiger partial charge is 0.387 e. The predicted molar refractivity (Wildman–Crippen MR) is 81.7 cm³/mol. The summed E-state index contributed by atoms with van der Waals surface area (Å²) in [5, 5.41) is 7.09. The molecule has 0 saturated heterocycles. The molecule has 2 rings (SSSR count). The van der Waals surface area contributed by atoms with E-state index in [-0.39, 0.29) is 17.2 Å². The first-order valence-electron chi connectivity index (χ1n) is 7.30. The number of alkyl halides is 2. The van der Waals surface area contributed by atoms with Crippen molar-refractivity contribution in [1.29, 1.82) is 0 Å². The number of aryl methyl sites for hydroxylation is 3. The van der Waals surface area contributed by atoms with E-state index < -0.39 is 6.61 Å². The van der Waals surface area contributed by atoms with E-state index in [4.69, 9.17) is 0 Å². The van der Waals surface area contributed by atoms with E-state index in [1.807, 2.05) is 24.6 Å². The summed E-state index contributed by atoms with van der Waals surface area (Å²) in [6, 6.07) is 7.72. The number of nitrogens with zero attached hydrogens (tertiary/aromatic N) is 2. The summed E-state index contributed by atoms with van der Waals surface area (Å²) in [4.78, 5) is 12.0. The standard InChI is InChI=1S/C16H19F2N3O2/c1-11-9-12(2)21(20-11)8-4-7-19-15(22)13-5-3-6-14(10-13)23-16(17)18/h3,5-6,9-10,16H,4,7-8H2,1-2H3,(H,19,22). The molecule has 0 saturated carbocycles. The third kappa shape index (κ3) is 5.05. The van der Waals surface area contributed by atoms with E-state index in [0.29, 0.717) is 13.1 Å². The highest BCUT2D eigenvalue weighted by molar-refractivity contribution is 5.94. The van der Waals surface area contributed by atoms with Crippen LogP contribution >= 0.6 is 0 Å². The van der Waals surface area contributed by atoms with Gasteiger partial charge in [0.25, 0.3) is 5.91 Å². The number of halogens is 2. The molecule has 0 fully saturated rings. The van der Waals surface area contributed by atoms with E-state index in [0.717, 1.165) is 17.8 Å². The first kappa shape index (κ1) is 16.9. The molecule has 1 aromatic heterocycles. The van der Waals surface area contributed by atoms with Crippen molar-refractivity contribution in [3.8, 4) is 5.75 Å². The zero-order chi connectivity index (χ0) is 16.8. The van der Waals surface area contributed by atoms with Crippen molar-refractivity contribution >= 4 is 5.91 Å². The average Bonchev–Trinajstić information content (AvgIpc) is 2.81. The van der Waals surface area contributed by atoms with Crippen molar-refractivity contribution in [2.75, 3.05) is 6.54 Å². The topological polar surface area (TPSA) is 56.2 Å². The molecule has 0 bridgehead atoms. The van der Waals surface area contributed by atoms with Crippen LogP contribution in [-0.2, 0) is 6.54 Å². The lowest BCUT2D eigenvalue weighted by molar-refractivity contribution is -0.0498. The van der Waals surface area contributed by atoms with E-state index in [2.05, 4.69) is 15.2 Å². The van der Waals surface area contributed by atoms with Crippen LogP contribution in [0.25, 0.3) is 0 Å². The molecule has 0 spiro atoms. The number of rotatable bonds is 7. The minimum atomic E-state index is -2.91. The molecule has 1 aromatic carbocycles. The average molecular weight is 323 g/mol. The molecular formula is C16H19F2N3O2. The Morgan fingerprint density at radius 3 is 2.78 bits per heavy atom. The second-order valence-electron chi connectivity index (χ2n) is 5.17. The van der Waals surface area contributed by atoms with Crippen LogP contribution in [0.5, 0.6) is 5.75 Å². The van der Waals surface area contributed by atoms with Gasteiger partial charge >= 0.3 is 6.61 Å². The Morgan fingerprint density at radius 1 is 1.35 bits per heavy atom. The van der Waals surface area contributed by atoms with Crippen molar-refractivity contribution in [3.63, 3.8) is 0 Å². The van der Waals surface area contributed by atoms with Crippen molar-refractivity contribution in [1.82, 2.24) is 15.1 Å². The Labute approximate surface area is 133 Å². The summed E-state index contributed by atoms with van der Waals surface area (Å²) < 4.78 is 30.5. The SMILES string of the molecule is Cc1cc(C)n(CCCNC(=O)c2cccc(OC(F)F)c2)n1. The zero-order valence-corrected chi connectivity index (χ0v) is 13.1. The summed E-state index contributed by atoms with van der Waals surface area (Å²) >= 11 is 0. The lowest BCUT2D eigenvalue weighted by Crippen LogP contribution is -2.25. The van der Waals surface area contributed by atoms with Gasteiger partial charge in [0.1, 0.15) is 5.75 Å². The van der Waals surface area contributed by atoms with Crippen LogP contribution in [0, 0.1) is 13.8 Å². The van der Waals surface area contributed by atoms with Gasteiger partial charge in [0.05, 0.1) is 5.69 Å². The lowest BCUT2D eigenvalue weighted by atomic mass is 10.2. The van der Waals surface area contributed by atoms with Crippen molar-refractivity contribution in [2.24, 2.45) is 0 Å². The molecule has 1 amide bonds. The molecule has 2 aromatic rings. The monoisotopic (exact) mass is 323 g/mol. The van der Waals surface area contributed by atoms with Crippen LogP contribution in [0.4, 0.5) is 8.78 Å². The third-order valence-corrected chi connectivity index (χ3v) is 3.26. The maximum atomic E-state index is 12.2. The van der Waals surface area contributed by atoms with Gasteiger partial charge < -0.3 is 10.1 Å². The number of hydrogen-bond acceptors (Lipinski definition) is 3. The van der Waals surface area contributed by atoms with Crippen molar-refractivity contribution in [3.05, 3.63) is 47.3 Å². The fourth-order valence-electron chi connectivity index (χ4n) is 2.25. The molecular weight excluding hydrogens is 304 g/mol. The summed E-state index contributed by atoms with van der Waals surface area (Å²) in [5.41, 5.74) is 2.32. The number of nitrogens with one attached hydrogen (secondary N) is 1. The molecule has 0 aliphatic heterocycles. The number of carbonyl (C=O) groups is 1. The normalized spacial score (nSPS) is 10.8. The number of amides is 1. The van der Waals surface area contributed by atoms with Gasteiger partial charge in [-0.2, -0.15) is 13.9 Å². The van der Waals surface area contributed by atoms with Gasteiger partial charge in [0.2, 0.25) is 0 Å². The zero-order valence-electron chi connectivity index (χ0n) is 13.1. The highest BCUT2D eigenvalue weighted by atomic mass is 19.3. The molecule has 7 heteroatoms. The minimum Gasteiger partial charge on any atom is -0.435 e. The number of ether oxygens (including phenoxy) is 1. The molecule has 1 heterocycles. The van der Waals surface area contributed by atoms with E-state index in [1.54, 1.807) is 6.07 Å². The minimum absolute atomic E-state index is 0.0321. The van der Waals surface area contributed by atoms with Gasteiger partial charge in [-0.15, -0.1) is 0 Å². The Kier molecular flexibility index (Phi) is 5.67. The molecule has 5 nitrogen and oxygen atoms in total. The first-order valence-corrected chi connectivity index (χ1v) is 7.30. The lowest BCUT2D eigenvalue weighted by Gasteiger charge is -2.08. The fourth-order valence-corrected chi connectivity index (χ4v) is 2.25. The van der Waals surface area contributed by atoms with Crippen LogP contribution < -0.4 is 10.1 Å². The quantitative estimate of drug-likeness (QED) is 0.797. The Balaban J connectivity index is 1.81. The highest BCUT2D eigenvalue weighted by Crippen LogP contribution is 2.15. The maximum Gasteiger partial charge on any atom is 0.387 e. The highest BCUT2D eigenvalue weighted by Gasteiger charge is 2.09. The largest absolute Gasteiger partial charge is 0.435 e. The van der Waals surface area contributed by atoms with Gasteiger partial charge in [0, 0.05) is 24.3 Å². The van der Waals surface area contributed by atoms with Crippen molar-refractivity contribution < 1.29 is 18.3 Å². The van der Waals surface area contributed by atoms with Gasteiger partial charge in [-0.1, -0.05) is 6.07 Å². The summed E-state index contributed by atoms with van der Waals surface area (Å²) in [7, 11) is 0. The molecule has 0 unspecified atom stereocenters. The van der Waals surface area contributed by atoms with E-state index in [9.17, 15) is 13.6 Å². The van der Waals surface area contributed by atoms with Crippen LogP contribution in [0.2, 0.25) is 0 Å². The van der Waals surface area contributed by atoms with Gasteiger partial charge in [-0.05, 0) is 44.5 Å². The Hall–Kier alpha value is -2.44. The Bertz CT molecular complexity index is 671. The molecule has 0 aliphatic rings. The van der Waals surface area contributed by atoms with Gasteiger partial charge in [0.15, 0.2) is 0 Å². The second-order valence-corrected chi connectivity index (χ2v) is 5.17.